The van der Waals surface area contributed by atoms with Gasteiger partial charge >= 0.3 is 0 Å². The molecule has 0 spiro atoms. The van der Waals surface area contributed by atoms with E-state index in [9.17, 15) is 0 Å². The van der Waals surface area contributed by atoms with Crippen LogP contribution in [0.4, 0.5) is 0 Å². The Morgan fingerprint density at radius 3 is 2.62 bits per heavy atom. The molecule has 0 aliphatic rings. The molecule has 0 amide bonds. The van der Waals surface area contributed by atoms with Gasteiger partial charge < -0.3 is 0 Å². The first-order chi connectivity index (χ1) is 9.97. The molecular weight excluding hydrogens is 282 g/mol. The van der Waals surface area contributed by atoms with E-state index in [0.29, 0.717) is 0 Å². The molecule has 0 aliphatic heterocycles. The van der Waals surface area contributed by atoms with E-state index in [1.165, 1.54) is 0 Å². The summed E-state index contributed by atoms with van der Waals surface area (Å²) in [7, 11) is 0. The van der Waals surface area contributed by atoms with E-state index in [4.69, 9.17) is 10.1 Å². The maximum absolute atomic E-state index is 4.82. The number of rotatable bonds is 6. The van der Waals surface area contributed by atoms with Crippen molar-refractivity contribution in [3.63, 3.8) is 0 Å². The molecular formula is C15H25N5S. The van der Waals surface area contributed by atoms with Gasteiger partial charge in [0.2, 0.25) is 0 Å². The largest absolute Gasteiger partial charge is 0.262 e. The summed E-state index contributed by atoms with van der Waals surface area (Å²) in [5.74, 6) is 2.98. The van der Waals surface area contributed by atoms with Crippen molar-refractivity contribution in [1.29, 1.82) is 0 Å². The molecule has 1 atom stereocenters. The van der Waals surface area contributed by atoms with Crippen molar-refractivity contribution in [3.05, 3.63) is 30.1 Å². The number of hydrogen-bond acceptors (Lipinski definition) is 4. The predicted octanol–water partition coefficient (Wildman–Crippen LogP) is 3.13. The van der Waals surface area contributed by atoms with Crippen LogP contribution in [-0.2, 0) is 12.0 Å². The first kappa shape index (κ1) is 16.1. The Bertz CT molecular complexity index is 553. The Labute approximate surface area is 131 Å². The molecule has 0 aromatic carbocycles. The van der Waals surface area contributed by atoms with Gasteiger partial charge in [-0.15, -0.1) is 0 Å². The summed E-state index contributed by atoms with van der Waals surface area (Å²) in [5.41, 5.74) is -0.0828. The van der Waals surface area contributed by atoms with Crippen LogP contribution >= 0.6 is 11.8 Å². The third-order valence-corrected chi connectivity index (χ3v) is 3.98. The zero-order chi connectivity index (χ0) is 15.5. The van der Waals surface area contributed by atoms with Crippen molar-refractivity contribution in [1.82, 2.24) is 24.5 Å². The second-order valence-electron chi connectivity index (χ2n) is 6.12. The molecule has 0 unspecified atom stereocenters. The maximum Gasteiger partial charge on any atom is 0.152 e. The summed E-state index contributed by atoms with van der Waals surface area (Å²) in [4.78, 5) is 4.82. The fourth-order valence-electron chi connectivity index (χ4n) is 2.33. The normalized spacial score (nSPS) is 13.6. The number of nitrogens with zero attached hydrogens (tertiary/aromatic N) is 5. The van der Waals surface area contributed by atoms with E-state index in [1.807, 2.05) is 34.9 Å². The first-order valence-corrected chi connectivity index (χ1v) is 8.81. The maximum atomic E-state index is 4.82. The molecule has 2 rings (SSSR count). The lowest BCUT2D eigenvalue weighted by Gasteiger charge is -2.24. The zero-order valence-electron chi connectivity index (χ0n) is 13.6. The minimum Gasteiger partial charge on any atom is -0.262 e. The van der Waals surface area contributed by atoms with Gasteiger partial charge in [-0.2, -0.15) is 22.0 Å². The highest BCUT2D eigenvalue weighted by atomic mass is 32.2. The van der Waals surface area contributed by atoms with Gasteiger partial charge in [0.15, 0.2) is 11.6 Å². The number of thioether (sulfide) groups is 1. The molecule has 2 aromatic rings. The summed E-state index contributed by atoms with van der Waals surface area (Å²) in [6, 6.07) is 2.09. The fourth-order valence-corrected chi connectivity index (χ4v) is 2.72. The third kappa shape index (κ3) is 3.67. The topological polar surface area (TPSA) is 48.5 Å². The lowest BCUT2D eigenvalue weighted by molar-refractivity contribution is 0.318. The van der Waals surface area contributed by atoms with Gasteiger partial charge in [-0.25, -0.2) is 9.67 Å². The predicted molar refractivity (Wildman–Crippen MR) is 87.8 cm³/mol. The average Bonchev–Trinajstić information content (AvgIpc) is 3.06. The highest BCUT2D eigenvalue weighted by Crippen LogP contribution is 2.25. The van der Waals surface area contributed by atoms with Crippen LogP contribution in [0, 0.1) is 0 Å². The number of aromatic nitrogens is 5. The SMILES string of the molecule is CC[C@H](c1nc(CCSC)nn1C(C)(C)C)n1cccn1. The van der Waals surface area contributed by atoms with Crippen LogP contribution in [0.5, 0.6) is 0 Å². The van der Waals surface area contributed by atoms with Crippen LogP contribution in [0.15, 0.2) is 18.5 Å². The lowest BCUT2D eigenvalue weighted by atomic mass is 10.1. The monoisotopic (exact) mass is 307 g/mol. The Morgan fingerprint density at radius 1 is 1.33 bits per heavy atom. The molecule has 0 saturated carbocycles. The highest BCUT2D eigenvalue weighted by molar-refractivity contribution is 7.98. The van der Waals surface area contributed by atoms with Gasteiger partial charge in [0.05, 0.1) is 5.54 Å². The molecule has 2 heterocycles. The van der Waals surface area contributed by atoms with E-state index in [0.717, 1.165) is 30.2 Å². The van der Waals surface area contributed by atoms with Gasteiger partial charge in [-0.3, -0.25) is 4.68 Å². The van der Waals surface area contributed by atoms with E-state index >= 15 is 0 Å². The molecule has 21 heavy (non-hydrogen) atoms. The number of hydrogen-bond donors (Lipinski definition) is 0. The molecule has 116 valence electrons. The van der Waals surface area contributed by atoms with E-state index < -0.39 is 0 Å². The van der Waals surface area contributed by atoms with Crippen LogP contribution in [0.2, 0.25) is 0 Å². The van der Waals surface area contributed by atoms with Gasteiger partial charge in [0.25, 0.3) is 0 Å². The third-order valence-electron chi connectivity index (χ3n) is 3.37. The molecule has 0 saturated heterocycles. The Morgan fingerprint density at radius 2 is 2.10 bits per heavy atom. The van der Waals surface area contributed by atoms with Crippen molar-refractivity contribution in [2.45, 2.75) is 52.1 Å². The molecule has 0 bridgehead atoms. The molecule has 0 aliphatic carbocycles. The zero-order valence-corrected chi connectivity index (χ0v) is 14.4. The Balaban J connectivity index is 2.42. The average molecular weight is 307 g/mol. The number of aryl methyl sites for hydroxylation is 1. The quantitative estimate of drug-likeness (QED) is 0.822. The standard InChI is InChI=1S/C15H25N5S/c1-6-12(19-10-7-9-16-19)14-17-13(8-11-21-5)18-20(14)15(2,3)4/h7,9-10,12H,6,8,11H2,1-5H3/t12-/m1/s1. The molecule has 0 radical (unpaired) electrons. The summed E-state index contributed by atoms with van der Waals surface area (Å²) >= 11 is 1.82. The molecule has 5 nitrogen and oxygen atoms in total. The van der Waals surface area contributed by atoms with Gasteiger partial charge in [-0.05, 0) is 39.5 Å². The second kappa shape index (κ2) is 6.64. The molecule has 0 fully saturated rings. The van der Waals surface area contributed by atoms with Crippen molar-refractivity contribution in [2.75, 3.05) is 12.0 Å². The smallest absolute Gasteiger partial charge is 0.152 e. The lowest BCUT2D eigenvalue weighted by Crippen LogP contribution is -2.28. The van der Waals surface area contributed by atoms with Crippen LogP contribution in [0.3, 0.4) is 0 Å². The summed E-state index contributed by atoms with van der Waals surface area (Å²) in [6.45, 7) is 8.66. The Kier molecular flexibility index (Phi) is 5.08. The van der Waals surface area contributed by atoms with E-state index in [1.54, 1.807) is 0 Å². The van der Waals surface area contributed by atoms with Gasteiger partial charge in [0.1, 0.15) is 6.04 Å². The Hall–Kier alpha value is -1.30. The minimum absolute atomic E-state index is 0.0828. The van der Waals surface area contributed by atoms with E-state index in [2.05, 4.69) is 43.7 Å². The van der Waals surface area contributed by atoms with Crippen LogP contribution < -0.4 is 0 Å². The van der Waals surface area contributed by atoms with Crippen LogP contribution in [0.25, 0.3) is 0 Å². The fraction of sp³-hybridized carbons (Fsp3) is 0.667. The summed E-state index contributed by atoms with van der Waals surface area (Å²) < 4.78 is 4.04. The molecule has 0 N–H and O–H groups in total. The minimum atomic E-state index is -0.0828. The summed E-state index contributed by atoms with van der Waals surface area (Å²) in [6.07, 6.45) is 7.78. The first-order valence-electron chi connectivity index (χ1n) is 7.41. The van der Waals surface area contributed by atoms with Gasteiger partial charge in [0, 0.05) is 24.6 Å². The van der Waals surface area contributed by atoms with Crippen molar-refractivity contribution >= 4 is 11.8 Å². The van der Waals surface area contributed by atoms with Gasteiger partial charge in [-0.1, -0.05) is 6.92 Å². The van der Waals surface area contributed by atoms with Crippen LogP contribution in [0.1, 0.15) is 51.8 Å². The van der Waals surface area contributed by atoms with Crippen molar-refractivity contribution < 1.29 is 0 Å². The van der Waals surface area contributed by atoms with Crippen LogP contribution in [-0.4, -0.2) is 36.6 Å². The van der Waals surface area contributed by atoms with Crippen molar-refractivity contribution in [2.24, 2.45) is 0 Å². The molecule has 6 heteroatoms. The summed E-state index contributed by atoms with van der Waals surface area (Å²) in [5, 5.41) is 9.14. The van der Waals surface area contributed by atoms with Crippen molar-refractivity contribution in [3.8, 4) is 0 Å². The molecule has 2 aromatic heterocycles. The highest BCUT2D eigenvalue weighted by Gasteiger charge is 2.26. The second-order valence-corrected chi connectivity index (χ2v) is 7.11. The van der Waals surface area contributed by atoms with E-state index in [-0.39, 0.29) is 11.6 Å².